The minimum atomic E-state index is -0.389. The highest BCUT2D eigenvalue weighted by molar-refractivity contribution is 5.89. The molecule has 0 radical (unpaired) electrons. The van der Waals surface area contributed by atoms with Crippen LogP contribution in [0.25, 0.3) is 10.9 Å². The van der Waals surface area contributed by atoms with E-state index < -0.39 is 0 Å². The first-order valence-electron chi connectivity index (χ1n) is 5.61. The van der Waals surface area contributed by atoms with Crippen LogP contribution in [0.1, 0.15) is 6.92 Å². The predicted octanol–water partition coefficient (Wildman–Crippen LogP) is 0.440. The highest BCUT2D eigenvalue weighted by Crippen LogP contribution is 2.17. The average Bonchev–Trinajstić information content (AvgIpc) is 2.44. The second-order valence-electron chi connectivity index (χ2n) is 3.83. The van der Waals surface area contributed by atoms with Gasteiger partial charge in [-0.15, -0.1) is 0 Å². The molecule has 0 atom stereocenters. The molecular weight excluding hydrogens is 244 g/mol. The number of carbonyl (C=O) groups excluding carboxylic acids is 1. The Morgan fingerprint density at radius 3 is 2.89 bits per heavy atom. The molecule has 1 amide bonds. The fourth-order valence-corrected chi connectivity index (χ4v) is 1.54. The molecule has 0 aliphatic heterocycles. The van der Waals surface area contributed by atoms with Gasteiger partial charge in [-0.1, -0.05) is 12.1 Å². The summed E-state index contributed by atoms with van der Waals surface area (Å²) in [4.78, 5) is 19.3. The number of fused-ring (bicyclic) bond motifs is 1. The summed E-state index contributed by atoms with van der Waals surface area (Å²) in [5.74, 6) is 5.23. The summed E-state index contributed by atoms with van der Waals surface area (Å²) in [6, 6.07) is 7.61. The number of nitrogens with two attached hydrogens (primary N) is 1. The summed E-state index contributed by atoms with van der Waals surface area (Å²) in [5.41, 5.74) is 9.24. The average molecular weight is 258 g/mol. The zero-order valence-electron chi connectivity index (χ0n) is 10.3. The van der Waals surface area contributed by atoms with E-state index in [0.717, 1.165) is 10.9 Å². The highest BCUT2D eigenvalue weighted by atomic mass is 16.2. The molecule has 7 heteroatoms. The lowest BCUT2D eigenvalue weighted by molar-refractivity contribution is -0.116. The number of nitrogens with one attached hydrogen (secondary N) is 3. The van der Waals surface area contributed by atoms with Gasteiger partial charge in [-0.25, -0.2) is 15.8 Å². The number of hydrogen-bond acceptors (Lipinski definition) is 6. The molecule has 98 valence electrons. The van der Waals surface area contributed by atoms with Gasteiger partial charge in [-0.2, -0.15) is 0 Å². The van der Waals surface area contributed by atoms with Crippen molar-refractivity contribution in [2.45, 2.75) is 6.92 Å². The van der Waals surface area contributed by atoms with E-state index in [9.17, 15) is 4.79 Å². The Kier molecular flexibility index (Phi) is 3.89. The maximum absolute atomic E-state index is 11.0. The molecule has 0 aliphatic carbocycles. The smallest absolute Gasteiger partial charge is 0.259 e. The predicted molar refractivity (Wildman–Crippen MR) is 72.4 cm³/mol. The third-order valence-corrected chi connectivity index (χ3v) is 2.41. The summed E-state index contributed by atoms with van der Waals surface area (Å²) in [6.07, 6.45) is 2.80. The first-order valence-corrected chi connectivity index (χ1v) is 5.61. The van der Waals surface area contributed by atoms with Crippen LogP contribution in [-0.4, -0.2) is 15.9 Å². The molecular formula is C12H14N6O. The van der Waals surface area contributed by atoms with E-state index in [-0.39, 0.29) is 5.91 Å². The third kappa shape index (κ3) is 3.17. The van der Waals surface area contributed by atoms with Gasteiger partial charge in [0, 0.05) is 17.2 Å². The maximum Gasteiger partial charge on any atom is 0.259 e. The maximum atomic E-state index is 11.0. The monoisotopic (exact) mass is 258 g/mol. The van der Waals surface area contributed by atoms with Crippen LogP contribution in [0.15, 0.2) is 42.4 Å². The minimum Gasteiger partial charge on any atom is -0.304 e. The molecule has 1 aromatic heterocycles. The van der Waals surface area contributed by atoms with Crippen molar-refractivity contribution in [3.63, 3.8) is 0 Å². The van der Waals surface area contributed by atoms with Gasteiger partial charge in [0.05, 0.1) is 5.52 Å². The van der Waals surface area contributed by atoms with Crippen LogP contribution in [0.3, 0.4) is 0 Å². The SMILES string of the molecule is C/C(=C\C(=O)NN)NNc1ncnc2ccccc12. The van der Waals surface area contributed by atoms with Crippen molar-refractivity contribution in [2.75, 3.05) is 5.43 Å². The molecule has 0 saturated heterocycles. The van der Waals surface area contributed by atoms with Crippen molar-refractivity contribution >= 4 is 22.6 Å². The van der Waals surface area contributed by atoms with Gasteiger partial charge >= 0.3 is 0 Å². The van der Waals surface area contributed by atoms with Gasteiger partial charge in [0.15, 0.2) is 5.82 Å². The van der Waals surface area contributed by atoms with Crippen molar-refractivity contribution in [1.29, 1.82) is 0 Å². The number of anilines is 1. The molecule has 2 aromatic rings. The Morgan fingerprint density at radius 2 is 2.11 bits per heavy atom. The van der Waals surface area contributed by atoms with E-state index in [2.05, 4.69) is 20.8 Å². The van der Waals surface area contributed by atoms with Crippen LogP contribution < -0.4 is 22.1 Å². The van der Waals surface area contributed by atoms with Crippen LogP contribution in [0.2, 0.25) is 0 Å². The standard InChI is InChI=1S/C12H14N6O/c1-8(6-11(19)16-13)17-18-12-9-4-2-3-5-10(9)14-7-15-12/h2-7,17H,13H2,1H3,(H,16,19)(H,14,15,18)/b8-6+. The first-order chi connectivity index (χ1) is 9.20. The number of carbonyl (C=O) groups is 1. The van der Waals surface area contributed by atoms with Crippen LogP contribution in [0.5, 0.6) is 0 Å². The van der Waals surface area contributed by atoms with Crippen LogP contribution in [-0.2, 0) is 4.79 Å². The Hall–Kier alpha value is -2.67. The fourth-order valence-electron chi connectivity index (χ4n) is 1.54. The van der Waals surface area contributed by atoms with Gasteiger partial charge in [0.25, 0.3) is 5.91 Å². The van der Waals surface area contributed by atoms with E-state index in [1.807, 2.05) is 29.7 Å². The molecule has 0 bridgehead atoms. The zero-order chi connectivity index (χ0) is 13.7. The van der Waals surface area contributed by atoms with E-state index >= 15 is 0 Å². The lowest BCUT2D eigenvalue weighted by atomic mass is 10.2. The number of benzene rings is 1. The Balaban J connectivity index is 2.14. The second kappa shape index (κ2) is 5.78. The number of hydrazine groups is 2. The summed E-state index contributed by atoms with van der Waals surface area (Å²) in [6.45, 7) is 1.73. The van der Waals surface area contributed by atoms with Gasteiger partial charge < -0.3 is 5.43 Å². The number of allylic oxidation sites excluding steroid dienone is 1. The third-order valence-electron chi connectivity index (χ3n) is 2.41. The number of rotatable bonds is 4. The topological polar surface area (TPSA) is 105 Å². The number of hydrogen-bond donors (Lipinski definition) is 4. The van der Waals surface area contributed by atoms with Crippen molar-refractivity contribution in [1.82, 2.24) is 20.8 Å². The van der Waals surface area contributed by atoms with E-state index in [4.69, 9.17) is 5.84 Å². The Bertz CT molecular complexity index is 619. The molecule has 19 heavy (non-hydrogen) atoms. The largest absolute Gasteiger partial charge is 0.304 e. The summed E-state index contributed by atoms with van der Waals surface area (Å²) in [5, 5.41) is 0.883. The van der Waals surface area contributed by atoms with Crippen LogP contribution in [0.4, 0.5) is 5.82 Å². The number of para-hydroxylation sites is 1. The molecule has 0 unspecified atom stereocenters. The summed E-state index contributed by atoms with van der Waals surface area (Å²) < 4.78 is 0. The number of aromatic nitrogens is 2. The zero-order valence-corrected chi connectivity index (χ0v) is 10.3. The fraction of sp³-hybridized carbons (Fsp3) is 0.0833. The van der Waals surface area contributed by atoms with Crippen LogP contribution in [0, 0.1) is 0 Å². The molecule has 0 aliphatic rings. The number of nitrogens with zero attached hydrogens (tertiary/aromatic N) is 2. The van der Waals surface area contributed by atoms with Crippen molar-refractivity contribution < 1.29 is 4.79 Å². The van der Waals surface area contributed by atoms with E-state index in [0.29, 0.717) is 11.5 Å². The molecule has 1 heterocycles. The molecule has 0 fully saturated rings. The molecule has 5 N–H and O–H groups in total. The highest BCUT2D eigenvalue weighted by Gasteiger charge is 2.02. The van der Waals surface area contributed by atoms with Crippen molar-refractivity contribution in [3.05, 3.63) is 42.4 Å². The quantitative estimate of drug-likeness (QED) is 0.274. The van der Waals surface area contributed by atoms with Gasteiger partial charge in [-0.3, -0.25) is 15.6 Å². The molecule has 0 saturated carbocycles. The summed E-state index contributed by atoms with van der Waals surface area (Å²) >= 11 is 0. The Morgan fingerprint density at radius 1 is 1.32 bits per heavy atom. The Labute approximate surface area is 109 Å². The van der Waals surface area contributed by atoms with Gasteiger partial charge in [-0.05, 0) is 19.1 Å². The van der Waals surface area contributed by atoms with E-state index in [1.165, 1.54) is 12.4 Å². The molecule has 1 aromatic carbocycles. The van der Waals surface area contributed by atoms with Crippen molar-refractivity contribution in [3.8, 4) is 0 Å². The normalized spacial score (nSPS) is 11.2. The molecule has 0 spiro atoms. The minimum absolute atomic E-state index is 0.389. The first kappa shape index (κ1) is 12.8. The lowest BCUT2D eigenvalue weighted by Gasteiger charge is -2.10. The molecule has 2 rings (SSSR count). The summed E-state index contributed by atoms with van der Waals surface area (Å²) in [7, 11) is 0. The van der Waals surface area contributed by atoms with Gasteiger partial charge in [0.1, 0.15) is 6.33 Å². The van der Waals surface area contributed by atoms with E-state index in [1.54, 1.807) is 6.92 Å². The molecule has 7 nitrogen and oxygen atoms in total. The lowest BCUT2D eigenvalue weighted by Crippen LogP contribution is -2.30. The second-order valence-corrected chi connectivity index (χ2v) is 3.83. The van der Waals surface area contributed by atoms with Crippen LogP contribution >= 0.6 is 0 Å². The van der Waals surface area contributed by atoms with Gasteiger partial charge in [0.2, 0.25) is 0 Å². The number of amides is 1. The van der Waals surface area contributed by atoms with Crippen molar-refractivity contribution in [2.24, 2.45) is 5.84 Å².